The van der Waals surface area contributed by atoms with Gasteiger partial charge in [-0.1, -0.05) is 29.8 Å². The molecule has 0 aliphatic carbocycles. The maximum Gasteiger partial charge on any atom is 0.0991 e. The third-order valence-corrected chi connectivity index (χ3v) is 4.02. The summed E-state index contributed by atoms with van der Waals surface area (Å²) < 4.78 is 0. The van der Waals surface area contributed by atoms with Crippen LogP contribution in [0.1, 0.15) is 22.3 Å². The van der Waals surface area contributed by atoms with Crippen molar-refractivity contribution in [3.8, 4) is 6.07 Å². The van der Waals surface area contributed by atoms with Crippen molar-refractivity contribution in [3.05, 3.63) is 64.7 Å². The van der Waals surface area contributed by atoms with Gasteiger partial charge in [-0.05, 0) is 43.2 Å². The average Bonchev–Trinajstić information content (AvgIpc) is 2.40. The molecular formula is C16H15NS. The van der Waals surface area contributed by atoms with Crippen LogP contribution >= 0.6 is 11.8 Å². The van der Waals surface area contributed by atoms with E-state index < -0.39 is 0 Å². The fourth-order valence-electron chi connectivity index (χ4n) is 1.75. The van der Waals surface area contributed by atoms with Crippen LogP contribution < -0.4 is 0 Å². The van der Waals surface area contributed by atoms with Gasteiger partial charge in [-0.2, -0.15) is 5.26 Å². The summed E-state index contributed by atoms with van der Waals surface area (Å²) >= 11 is 1.82. The predicted octanol–water partition coefficient (Wildman–Crippen LogP) is 4.47. The van der Waals surface area contributed by atoms with Gasteiger partial charge in [0.15, 0.2) is 0 Å². The topological polar surface area (TPSA) is 23.8 Å². The van der Waals surface area contributed by atoms with Crippen LogP contribution in [0.4, 0.5) is 0 Å². The molecule has 0 saturated heterocycles. The first kappa shape index (κ1) is 12.7. The molecule has 0 bridgehead atoms. The lowest BCUT2D eigenvalue weighted by molar-refractivity contribution is 1.25. The fraction of sp³-hybridized carbons (Fsp3) is 0.188. The van der Waals surface area contributed by atoms with E-state index in [1.54, 1.807) is 0 Å². The zero-order chi connectivity index (χ0) is 13.0. The molecule has 2 rings (SSSR count). The highest BCUT2D eigenvalue weighted by molar-refractivity contribution is 7.98. The van der Waals surface area contributed by atoms with Gasteiger partial charge in [0.05, 0.1) is 11.6 Å². The second-order valence-corrected chi connectivity index (χ2v) is 5.39. The van der Waals surface area contributed by atoms with E-state index in [1.165, 1.54) is 21.6 Å². The molecule has 0 saturated carbocycles. The highest BCUT2D eigenvalue weighted by Crippen LogP contribution is 2.27. The molecule has 2 aromatic rings. The Bertz CT molecular complexity index is 596. The Morgan fingerprint density at radius 2 is 1.94 bits per heavy atom. The molecule has 1 nitrogen and oxygen atoms in total. The smallest absolute Gasteiger partial charge is 0.0991 e. The molecule has 2 heteroatoms. The number of thioether (sulfide) groups is 1. The lowest BCUT2D eigenvalue weighted by atomic mass is 10.2. The third kappa shape index (κ3) is 3.15. The largest absolute Gasteiger partial charge is 0.192 e. The van der Waals surface area contributed by atoms with Gasteiger partial charge in [0.1, 0.15) is 0 Å². The lowest BCUT2D eigenvalue weighted by Crippen LogP contribution is -1.85. The zero-order valence-corrected chi connectivity index (χ0v) is 11.4. The molecule has 0 amide bonds. The summed E-state index contributed by atoms with van der Waals surface area (Å²) in [6, 6.07) is 16.5. The van der Waals surface area contributed by atoms with Crippen LogP contribution in [0.3, 0.4) is 0 Å². The number of benzene rings is 2. The Labute approximate surface area is 112 Å². The maximum absolute atomic E-state index is 8.87. The van der Waals surface area contributed by atoms with Crippen molar-refractivity contribution >= 4 is 11.8 Å². The first-order valence-corrected chi connectivity index (χ1v) is 6.86. The predicted molar refractivity (Wildman–Crippen MR) is 76.6 cm³/mol. The minimum atomic E-state index is 0.731. The Balaban J connectivity index is 2.11. The Kier molecular flexibility index (Phi) is 4.07. The molecule has 18 heavy (non-hydrogen) atoms. The van der Waals surface area contributed by atoms with Gasteiger partial charge >= 0.3 is 0 Å². The summed E-state index contributed by atoms with van der Waals surface area (Å²) in [6.45, 7) is 4.24. The van der Waals surface area contributed by atoms with Crippen LogP contribution in [-0.2, 0) is 5.75 Å². The van der Waals surface area contributed by atoms with Crippen molar-refractivity contribution < 1.29 is 0 Å². The summed E-state index contributed by atoms with van der Waals surface area (Å²) in [7, 11) is 0. The van der Waals surface area contributed by atoms with E-state index in [0.29, 0.717) is 0 Å². The third-order valence-electron chi connectivity index (χ3n) is 2.79. The molecule has 0 atom stereocenters. The highest BCUT2D eigenvalue weighted by atomic mass is 32.2. The lowest BCUT2D eigenvalue weighted by Gasteiger charge is -2.07. The van der Waals surface area contributed by atoms with Crippen molar-refractivity contribution in [2.45, 2.75) is 24.5 Å². The van der Waals surface area contributed by atoms with Gasteiger partial charge in [0, 0.05) is 10.6 Å². The molecule has 0 N–H and O–H groups in total. The number of rotatable bonds is 3. The molecule has 0 spiro atoms. The molecule has 90 valence electrons. The quantitative estimate of drug-likeness (QED) is 0.754. The van der Waals surface area contributed by atoms with Crippen LogP contribution in [0, 0.1) is 25.2 Å². The first-order chi connectivity index (χ1) is 8.69. The molecule has 0 radical (unpaired) electrons. The van der Waals surface area contributed by atoms with Crippen LogP contribution in [0.5, 0.6) is 0 Å². The van der Waals surface area contributed by atoms with Crippen molar-refractivity contribution in [2.75, 3.05) is 0 Å². The van der Waals surface area contributed by atoms with E-state index in [-0.39, 0.29) is 0 Å². The molecule has 2 aromatic carbocycles. The molecule has 0 aromatic heterocycles. The standard InChI is InChI=1S/C16H15NS/c1-12-6-7-13(2)16(8-12)18-11-15-5-3-4-14(9-15)10-17/h3-9H,11H2,1-2H3. The van der Waals surface area contributed by atoms with E-state index in [2.05, 4.69) is 44.2 Å². The Hall–Kier alpha value is -1.72. The summed E-state index contributed by atoms with van der Waals surface area (Å²) in [5.41, 5.74) is 4.52. The van der Waals surface area contributed by atoms with E-state index in [4.69, 9.17) is 5.26 Å². The van der Waals surface area contributed by atoms with Crippen molar-refractivity contribution in [2.24, 2.45) is 0 Å². The van der Waals surface area contributed by atoms with Crippen LogP contribution in [0.25, 0.3) is 0 Å². The Morgan fingerprint density at radius 1 is 1.11 bits per heavy atom. The van der Waals surface area contributed by atoms with Gasteiger partial charge in [0.2, 0.25) is 0 Å². The number of nitriles is 1. The second-order valence-electron chi connectivity index (χ2n) is 4.37. The molecule has 0 aliphatic heterocycles. The summed E-state index contributed by atoms with van der Waals surface area (Å²) in [5, 5.41) is 8.87. The minimum absolute atomic E-state index is 0.731. The molecule has 0 fully saturated rings. The van der Waals surface area contributed by atoms with Gasteiger partial charge in [-0.25, -0.2) is 0 Å². The monoisotopic (exact) mass is 253 g/mol. The molecule has 0 heterocycles. The van der Waals surface area contributed by atoms with Crippen molar-refractivity contribution in [1.82, 2.24) is 0 Å². The van der Waals surface area contributed by atoms with Gasteiger partial charge in [0.25, 0.3) is 0 Å². The molecular weight excluding hydrogens is 238 g/mol. The SMILES string of the molecule is Cc1ccc(C)c(SCc2cccc(C#N)c2)c1. The molecule has 0 aliphatic rings. The Morgan fingerprint density at radius 3 is 2.72 bits per heavy atom. The van der Waals surface area contributed by atoms with Crippen LogP contribution in [0.2, 0.25) is 0 Å². The van der Waals surface area contributed by atoms with Gasteiger partial charge in [-0.3, -0.25) is 0 Å². The van der Waals surface area contributed by atoms with Crippen molar-refractivity contribution in [1.29, 1.82) is 5.26 Å². The van der Waals surface area contributed by atoms with Crippen molar-refractivity contribution in [3.63, 3.8) is 0 Å². The molecule has 0 unspecified atom stereocenters. The normalized spacial score (nSPS) is 10.1. The van der Waals surface area contributed by atoms with E-state index in [9.17, 15) is 0 Å². The summed E-state index contributed by atoms with van der Waals surface area (Å²) in [4.78, 5) is 1.32. The number of nitrogens with zero attached hydrogens (tertiary/aromatic N) is 1. The maximum atomic E-state index is 8.87. The van der Waals surface area contributed by atoms with Crippen LogP contribution in [-0.4, -0.2) is 0 Å². The minimum Gasteiger partial charge on any atom is -0.192 e. The summed E-state index contributed by atoms with van der Waals surface area (Å²) in [6.07, 6.45) is 0. The number of hydrogen-bond donors (Lipinski definition) is 0. The summed E-state index contributed by atoms with van der Waals surface area (Å²) in [5.74, 6) is 0.903. The number of aryl methyl sites for hydroxylation is 2. The number of hydrogen-bond acceptors (Lipinski definition) is 2. The van der Waals surface area contributed by atoms with E-state index >= 15 is 0 Å². The highest BCUT2D eigenvalue weighted by Gasteiger charge is 2.01. The first-order valence-electron chi connectivity index (χ1n) is 5.88. The van der Waals surface area contributed by atoms with Gasteiger partial charge < -0.3 is 0 Å². The average molecular weight is 253 g/mol. The fourth-order valence-corrected chi connectivity index (χ4v) is 2.82. The van der Waals surface area contributed by atoms with Crippen LogP contribution in [0.15, 0.2) is 47.4 Å². The second kappa shape index (κ2) is 5.75. The van der Waals surface area contributed by atoms with E-state index in [1.807, 2.05) is 30.0 Å². The zero-order valence-electron chi connectivity index (χ0n) is 10.6. The van der Waals surface area contributed by atoms with Gasteiger partial charge in [-0.15, -0.1) is 11.8 Å². The van der Waals surface area contributed by atoms with E-state index in [0.717, 1.165) is 11.3 Å².